The normalized spacial score (nSPS) is 23.1. The molecule has 1 saturated heterocycles. The summed E-state index contributed by atoms with van der Waals surface area (Å²) in [4.78, 5) is 28.5. The molecule has 2 heterocycles. The van der Waals surface area contributed by atoms with E-state index in [1.54, 1.807) is 13.8 Å². The van der Waals surface area contributed by atoms with Crippen molar-refractivity contribution in [1.82, 2.24) is 14.3 Å². The summed E-state index contributed by atoms with van der Waals surface area (Å²) in [6, 6.07) is -0.323. The van der Waals surface area contributed by atoms with Crippen molar-refractivity contribution >= 4 is 28.7 Å². The number of rotatable bonds is 2. The molecule has 1 aliphatic heterocycles. The molecule has 1 aromatic rings. The van der Waals surface area contributed by atoms with Gasteiger partial charge in [-0.25, -0.2) is 9.78 Å². The molecule has 1 fully saturated rings. The molecule has 1 atom stereocenters. The molecule has 0 aliphatic carbocycles. The highest BCUT2D eigenvalue weighted by Crippen LogP contribution is 2.30. The highest BCUT2D eigenvalue weighted by Gasteiger charge is 2.42. The van der Waals surface area contributed by atoms with Crippen molar-refractivity contribution in [2.45, 2.75) is 20.3 Å². The summed E-state index contributed by atoms with van der Waals surface area (Å²) in [6.07, 6.45) is 0.463. The molecular weight excluding hydrogens is 256 g/mol. The number of aromatic nitrogens is 2. The van der Waals surface area contributed by atoms with E-state index in [4.69, 9.17) is 5.11 Å². The Balaban J connectivity index is 1.98. The van der Waals surface area contributed by atoms with Crippen LogP contribution in [-0.4, -0.2) is 44.5 Å². The number of hydrogen-bond donors (Lipinski definition) is 2. The average Bonchev–Trinajstić information content (AvgIpc) is 2.86. The molecular formula is C10H14N4O3S. The number of likely N-dealkylation sites (tertiary alicyclic amines) is 1. The van der Waals surface area contributed by atoms with Crippen LogP contribution in [0.4, 0.5) is 9.93 Å². The summed E-state index contributed by atoms with van der Waals surface area (Å²) in [5.74, 6) is -0.267. The van der Waals surface area contributed by atoms with Crippen LogP contribution in [-0.2, 0) is 4.79 Å². The number of amides is 2. The van der Waals surface area contributed by atoms with Gasteiger partial charge in [0, 0.05) is 24.6 Å². The van der Waals surface area contributed by atoms with Gasteiger partial charge in [0.05, 0.1) is 5.41 Å². The van der Waals surface area contributed by atoms with Crippen molar-refractivity contribution in [1.29, 1.82) is 0 Å². The number of urea groups is 1. The van der Waals surface area contributed by atoms with Crippen LogP contribution < -0.4 is 5.32 Å². The van der Waals surface area contributed by atoms with Crippen LogP contribution in [0.2, 0.25) is 0 Å². The van der Waals surface area contributed by atoms with Crippen LogP contribution in [0.15, 0.2) is 0 Å². The minimum absolute atomic E-state index is 0.214. The first kappa shape index (κ1) is 12.7. The van der Waals surface area contributed by atoms with Crippen molar-refractivity contribution in [3.05, 3.63) is 5.82 Å². The standard InChI is InChI=1S/C10H14N4O3S/c1-6-11-8(18-13-6)12-9(17)14-4-3-10(2,5-14)7(15)16/h3-5H2,1-2H3,(H,15,16)(H,11,12,13,17). The number of anilines is 1. The molecule has 8 heteroatoms. The third-order valence-electron chi connectivity index (χ3n) is 3.02. The lowest BCUT2D eigenvalue weighted by molar-refractivity contribution is -0.146. The molecule has 0 bridgehead atoms. The number of nitrogens with one attached hydrogen (secondary N) is 1. The van der Waals surface area contributed by atoms with Crippen LogP contribution in [0, 0.1) is 12.3 Å². The van der Waals surface area contributed by atoms with Crippen molar-refractivity contribution in [3.8, 4) is 0 Å². The lowest BCUT2D eigenvalue weighted by Gasteiger charge is -2.19. The number of aliphatic carboxylic acids is 1. The van der Waals surface area contributed by atoms with Gasteiger partial charge in [0.15, 0.2) is 0 Å². The van der Waals surface area contributed by atoms with Gasteiger partial charge < -0.3 is 10.0 Å². The number of carboxylic acids is 1. The first-order valence-electron chi connectivity index (χ1n) is 5.50. The predicted octanol–water partition coefficient (Wildman–Crippen LogP) is 1.18. The Labute approximate surface area is 108 Å². The number of hydrogen-bond acceptors (Lipinski definition) is 5. The Bertz CT molecular complexity index is 489. The van der Waals surface area contributed by atoms with Crippen molar-refractivity contribution < 1.29 is 14.7 Å². The van der Waals surface area contributed by atoms with Crippen LogP contribution >= 0.6 is 11.5 Å². The lowest BCUT2D eigenvalue weighted by atomic mass is 9.90. The molecule has 2 N–H and O–H groups in total. The second kappa shape index (κ2) is 4.52. The highest BCUT2D eigenvalue weighted by atomic mass is 32.1. The van der Waals surface area contributed by atoms with Gasteiger partial charge in [0.2, 0.25) is 5.13 Å². The van der Waals surface area contributed by atoms with Gasteiger partial charge in [0.25, 0.3) is 0 Å². The maximum absolute atomic E-state index is 11.9. The molecule has 98 valence electrons. The number of carboxylic acid groups (broad SMARTS) is 1. The van der Waals surface area contributed by atoms with Crippen LogP contribution in [0.1, 0.15) is 19.2 Å². The summed E-state index contributed by atoms with van der Waals surface area (Å²) in [6.45, 7) is 4.04. The topological polar surface area (TPSA) is 95.4 Å². The first-order valence-corrected chi connectivity index (χ1v) is 6.28. The van der Waals surface area contributed by atoms with Gasteiger partial charge in [-0.05, 0) is 20.3 Å². The van der Waals surface area contributed by atoms with E-state index in [1.165, 1.54) is 4.90 Å². The summed E-state index contributed by atoms with van der Waals surface area (Å²) in [7, 11) is 0. The number of carbonyl (C=O) groups excluding carboxylic acids is 1. The Morgan fingerprint density at radius 3 is 2.78 bits per heavy atom. The molecule has 0 aromatic carbocycles. The second-order valence-corrected chi connectivity index (χ2v) is 5.37. The lowest BCUT2D eigenvalue weighted by Crippen LogP contribution is -2.37. The maximum atomic E-state index is 11.9. The van der Waals surface area contributed by atoms with Crippen molar-refractivity contribution in [3.63, 3.8) is 0 Å². The third kappa shape index (κ3) is 2.42. The minimum Gasteiger partial charge on any atom is -0.481 e. The van der Waals surface area contributed by atoms with E-state index >= 15 is 0 Å². The van der Waals surface area contributed by atoms with E-state index in [0.29, 0.717) is 23.9 Å². The Hall–Kier alpha value is -1.70. The molecule has 2 rings (SSSR count). The average molecular weight is 270 g/mol. The smallest absolute Gasteiger partial charge is 0.323 e. The van der Waals surface area contributed by atoms with Gasteiger partial charge >= 0.3 is 12.0 Å². The Morgan fingerprint density at radius 2 is 2.28 bits per heavy atom. The summed E-state index contributed by atoms with van der Waals surface area (Å²) < 4.78 is 3.96. The fourth-order valence-electron chi connectivity index (χ4n) is 1.83. The van der Waals surface area contributed by atoms with Crippen molar-refractivity contribution in [2.75, 3.05) is 18.4 Å². The molecule has 0 saturated carbocycles. The third-order valence-corrected chi connectivity index (χ3v) is 3.74. The van der Waals surface area contributed by atoms with E-state index < -0.39 is 11.4 Å². The van der Waals surface area contributed by atoms with E-state index in [-0.39, 0.29) is 12.6 Å². The zero-order chi connectivity index (χ0) is 13.3. The van der Waals surface area contributed by atoms with Crippen LogP contribution in [0.25, 0.3) is 0 Å². The summed E-state index contributed by atoms with van der Waals surface area (Å²) in [5, 5.41) is 12.1. The van der Waals surface area contributed by atoms with E-state index in [1.807, 2.05) is 0 Å². The van der Waals surface area contributed by atoms with Gasteiger partial charge in [-0.1, -0.05) is 0 Å². The first-order chi connectivity index (χ1) is 8.40. The molecule has 7 nitrogen and oxygen atoms in total. The monoisotopic (exact) mass is 270 g/mol. The molecule has 1 unspecified atom stereocenters. The molecule has 0 spiro atoms. The quantitative estimate of drug-likeness (QED) is 0.841. The fraction of sp³-hybridized carbons (Fsp3) is 0.600. The largest absolute Gasteiger partial charge is 0.481 e. The number of carbonyl (C=O) groups is 2. The Morgan fingerprint density at radius 1 is 1.56 bits per heavy atom. The van der Waals surface area contributed by atoms with Gasteiger partial charge in [-0.15, -0.1) is 0 Å². The molecule has 1 aromatic heterocycles. The number of nitrogens with zero attached hydrogens (tertiary/aromatic N) is 3. The number of aryl methyl sites for hydroxylation is 1. The molecule has 1 aliphatic rings. The predicted molar refractivity (Wildman–Crippen MR) is 65.6 cm³/mol. The van der Waals surface area contributed by atoms with E-state index in [9.17, 15) is 9.59 Å². The van der Waals surface area contributed by atoms with Crippen LogP contribution in [0.5, 0.6) is 0 Å². The maximum Gasteiger partial charge on any atom is 0.323 e. The zero-order valence-corrected chi connectivity index (χ0v) is 11.0. The minimum atomic E-state index is -0.871. The molecule has 18 heavy (non-hydrogen) atoms. The van der Waals surface area contributed by atoms with Gasteiger partial charge in [-0.2, -0.15) is 4.37 Å². The van der Waals surface area contributed by atoms with Crippen LogP contribution in [0.3, 0.4) is 0 Å². The summed E-state index contributed by atoms with van der Waals surface area (Å²) in [5.41, 5.74) is -0.853. The molecule has 0 radical (unpaired) electrons. The highest BCUT2D eigenvalue weighted by molar-refractivity contribution is 7.09. The Kier molecular flexibility index (Phi) is 3.20. The van der Waals surface area contributed by atoms with E-state index in [0.717, 1.165) is 11.5 Å². The van der Waals surface area contributed by atoms with Gasteiger partial charge in [0.1, 0.15) is 5.82 Å². The van der Waals surface area contributed by atoms with Crippen molar-refractivity contribution in [2.24, 2.45) is 5.41 Å². The van der Waals surface area contributed by atoms with E-state index in [2.05, 4.69) is 14.7 Å². The zero-order valence-electron chi connectivity index (χ0n) is 10.1. The molecule has 2 amide bonds. The second-order valence-electron chi connectivity index (χ2n) is 4.61. The fourth-order valence-corrected chi connectivity index (χ4v) is 2.39. The summed E-state index contributed by atoms with van der Waals surface area (Å²) >= 11 is 1.11. The SMILES string of the molecule is Cc1nsc(NC(=O)N2CCC(C)(C(=O)O)C2)n1. The van der Waals surface area contributed by atoms with Gasteiger partial charge in [-0.3, -0.25) is 10.1 Å².